The van der Waals surface area contributed by atoms with Crippen molar-refractivity contribution < 1.29 is 4.74 Å². The Bertz CT molecular complexity index is 676. The molecule has 0 radical (unpaired) electrons. The fourth-order valence-corrected chi connectivity index (χ4v) is 2.62. The molecule has 0 aliphatic carbocycles. The standard InChI is InChI=1S/C16H14BrNO/c17-15-7-4-8-16-14(15)9-10-18(16)12-19-11-13-5-2-1-3-6-13/h1-10H,11-12H2. The van der Waals surface area contributed by atoms with E-state index >= 15 is 0 Å². The Labute approximate surface area is 120 Å². The summed E-state index contributed by atoms with van der Waals surface area (Å²) in [5, 5.41) is 1.21. The number of benzene rings is 2. The number of nitrogens with zero attached hydrogens (tertiary/aromatic N) is 1. The van der Waals surface area contributed by atoms with Gasteiger partial charge in [-0.1, -0.05) is 52.3 Å². The zero-order valence-corrected chi connectivity index (χ0v) is 12.0. The second-order valence-electron chi connectivity index (χ2n) is 4.42. The Morgan fingerprint density at radius 2 is 1.79 bits per heavy atom. The number of rotatable bonds is 4. The summed E-state index contributed by atoms with van der Waals surface area (Å²) in [5.74, 6) is 0. The Kier molecular flexibility index (Phi) is 3.67. The lowest BCUT2D eigenvalue weighted by Crippen LogP contribution is -2.01. The highest BCUT2D eigenvalue weighted by molar-refractivity contribution is 9.10. The first kappa shape index (κ1) is 12.5. The quantitative estimate of drug-likeness (QED) is 0.687. The van der Waals surface area contributed by atoms with E-state index in [2.05, 4.69) is 57.0 Å². The van der Waals surface area contributed by atoms with Crippen LogP contribution in [0.3, 0.4) is 0 Å². The average molecular weight is 316 g/mol. The molecule has 0 aliphatic heterocycles. The van der Waals surface area contributed by atoms with Crippen molar-refractivity contribution in [3.63, 3.8) is 0 Å². The number of hydrogen-bond donors (Lipinski definition) is 0. The van der Waals surface area contributed by atoms with Crippen LogP contribution in [-0.2, 0) is 18.1 Å². The van der Waals surface area contributed by atoms with Crippen LogP contribution in [0.5, 0.6) is 0 Å². The molecule has 3 rings (SSSR count). The maximum Gasteiger partial charge on any atom is 0.123 e. The predicted octanol–water partition coefficient (Wildman–Crippen LogP) is 4.58. The van der Waals surface area contributed by atoms with E-state index in [-0.39, 0.29) is 0 Å². The second kappa shape index (κ2) is 5.59. The van der Waals surface area contributed by atoms with Crippen molar-refractivity contribution in [3.8, 4) is 0 Å². The molecule has 0 saturated heterocycles. The molecule has 0 N–H and O–H groups in total. The first-order valence-corrected chi connectivity index (χ1v) is 6.99. The van der Waals surface area contributed by atoms with Crippen LogP contribution in [0, 0.1) is 0 Å². The molecule has 0 spiro atoms. The fourth-order valence-electron chi connectivity index (χ4n) is 2.13. The number of halogens is 1. The Balaban J connectivity index is 1.71. The van der Waals surface area contributed by atoms with E-state index < -0.39 is 0 Å². The Morgan fingerprint density at radius 3 is 2.63 bits per heavy atom. The van der Waals surface area contributed by atoms with Gasteiger partial charge in [0.15, 0.2) is 0 Å². The van der Waals surface area contributed by atoms with E-state index in [9.17, 15) is 0 Å². The zero-order chi connectivity index (χ0) is 13.1. The monoisotopic (exact) mass is 315 g/mol. The van der Waals surface area contributed by atoms with Gasteiger partial charge < -0.3 is 9.30 Å². The summed E-state index contributed by atoms with van der Waals surface area (Å²) in [7, 11) is 0. The SMILES string of the molecule is Brc1cccc2c1ccn2COCc1ccccc1. The van der Waals surface area contributed by atoms with E-state index in [1.807, 2.05) is 24.3 Å². The fraction of sp³-hybridized carbons (Fsp3) is 0.125. The topological polar surface area (TPSA) is 14.2 Å². The summed E-state index contributed by atoms with van der Waals surface area (Å²) < 4.78 is 8.99. The highest BCUT2D eigenvalue weighted by Crippen LogP contribution is 2.24. The Morgan fingerprint density at radius 1 is 0.947 bits per heavy atom. The van der Waals surface area contributed by atoms with Crippen LogP contribution in [0.25, 0.3) is 10.9 Å². The highest BCUT2D eigenvalue weighted by Gasteiger charge is 2.03. The summed E-state index contributed by atoms with van der Waals surface area (Å²) in [6.07, 6.45) is 2.06. The van der Waals surface area contributed by atoms with Crippen LogP contribution < -0.4 is 0 Å². The van der Waals surface area contributed by atoms with Crippen molar-refractivity contribution in [2.24, 2.45) is 0 Å². The van der Waals surface area contributed by atoms with Crippen molar-refractivity contribution in [3.05, 3.63) is 70.8 Å². The third-order valence-corrected chi connectivity index (χ3v) is 3.79. The zero-order valence-electron chi connectivity index (χ0n) is 10.4. The summed E-state index contributed by atoms with van der Waals surface area (Å²) in [4.78, 5) is 0. The van der Waals surface area contributed by atoms with Crippen LogP contribution in [0.1, 0.15) is 5.56 Å². The molecule has 1 aromatic heterocycles. The molecule has 96 valence electrons. The molecule has 0 unspecified atom stereocenters. The van der Waals surface area contributed by atoms with Gasteiger partial charge in [-0.15, -0.1) is 0 Å². The first-order valence-electron chi connectivity index (χ1n) is 6.19. The minimum absolute atomic E-state index is 0.564. The molecule has 0 atom stereocenters. The molecule has 3 heteroatoms. The lowest BCUT2D eigenvalue weighted by Gasteiger charge is -2.07. The maximum absolute atomic E-state index is 5.76. The van der Waals surface area contributed by atoms with Crippen molar-refractivity contribution in [2.45, 2.75) is 13.3 Å². The molecular formula is C16H14BrNO. The summed E-state index contributed by atoms with van der Waals surface area (Å²) in [6, 6.07) is 18.5. The van der Waals surface area contributed by atoms with Gasteiger partial charge >= 0.3 is 0 Å². The highest BCUT2D eigenvalue weighted by atomic mass is 79.9. The van der Waals surface area contributed by atoms with Gasteiger partial charge in [-0.3, -0.25) is 0 Å². The van der Waals surface area contributed by atoms with Crippen molar-refractivity contribution in [2.75, 3.05) is 0 Å². The molecule has 19 heavy (non-hydrogen) atoms. The smallest absolute Gasteiger partial charge is 0.123 e. The molecule has 1 heterocycles. The van der Waals surface area contributed by atoms with E-state index in [1.54, 1.807) is 0 Å². The summed E-state index contributed by atoms with van der Waals surface area (Å²) >= 11 is 3.56. The van der Waals surface area contributed by atoms with Crippen LogP contribution in [-0.4, -0.2) is 4.57 Å². The van der Waals surface area contributed by atoms with Crippen molar-refractivity contribution in [1.82, 2.24) is 4.57 Å². The number of fused-ring (bicyclic) bond motifs is 1. The lowest BCUT2D eigenvalue weighted by atomic mass is 10.2. The van der Waals surface area contributed by atoms with Crippen molar-refractivity contribution in [1.29, 1.82) is 0 Å². The maximum atomic E-state index is 5.76. The van der Waals surface area contributed by atoms with Gasteiger partial charge in [-0.2, -0.15) is 0 Å². The largest absolute Gasteiger partial charge is 0.356 e. The third kappa shape index (κ3) is 2.72. The molecular weight excluding hydrogens is 302 g/mol. The number of hydrogen-bond acceptors (Lipinski definition) is 1. The first-order chi connectivity index (χ1) is 9.34. The van der Waals surface area contributed by atoms with Gasteiger partial charge in [0.1, 0.15) is 6.73 Å². The predicted molar refractivity (Wildman–Crippen MR) is 80.9 cm³/mol. The molecule has 2 aromatic carbocycles. The van der Waals surface area contributed by atoms with Gasteiger partial charge in [-0.05, 0) is 23.8 Å². The summed E-state index contributed by atoms with van der Waals surface area (Å²) in [6.45, 7) is 1.20. The van der Waals surface area contributed by atoms with Crippen molar-refractivity contribution >= 4 is 26.8 Å². The average Bonchev–Trinajstić information content (AvgIpc) is 2.85. The van der Waals surface area contributed by atoms with E-state index in [4.69, 9.17) is 4.74 Å². The van der Waals surface area contributed by atoms with Gasteiger partial charge in [0.2, 0.25) is 0 Å². The van der Waals surface area contributed by atoms with Gasteiger partial charge in [0.05, 0.1) is 12.1 Å². The van der Waals surface area contributed by atoms with Gasteiger partial charge in [0.25, 0.3) is 0 Å². The molecule has 0 bridgehead atoms. The third-order valence-electron chi connectivity index (χ3n) is 3.10. The minimum Gasteiger partial charge on any atom is -0.356 e. The van der Waals surface area contributed by atoms with Gasteiger partial charge in [-0.25, -0.2) is 0 Å². The van der Waals surface area contributed by atoms with Crippen LogP contribution in [0.15, 0.2) is 65.3 Å². The van der Waals surface area contributed by atoms with Gasteiger partial charge in [0, 0.05) is 16.1 Å². The molecule has 0 aliphatic rings. The lowest BCUT2D eigenvalue weighted by molar-refractivity contribution is 0.0668. The molecule has 0 saturated carbocycles. The van der Waals surface area contributed by atoms with E-state index in [0.29, 0.717) is 13.3 Å². The molecule has 3 aromatic rings. The molecule has 0 fully saturated rings. The van der Waals surface area contributed by atoms with E-state index in [1.165, 1.54) is 16.5 Å². The molecule has 0 amide bonds. The summed E-state index contributed by atoms with van der Waals surface area (Å²) in [5.41, 5.74) is 2.38. The minimum atomic E-state index is 0.564. The van der Waals surface area contributed by atoms with Crippen LogP contribution in [0.2, 0.25) is 0 Å². The number of aromatic nitrogens is 1. The molecule has 2 nitrogen and oxygen atoms in total. The number of ether oxygens (including phenoxy) is 1. The van der Waals surface area contributed by atoms with Crippen LogP contribution in [0.4, 0.5) is 0 Å². The van der Waals surface area contributed by atoms with Crippen LogP contribution >= 0.6 is 15.9 Å². The van der Waals surface area contributed by atoms with E-state index in [0.717, 1.165) is 4.47 Å². The second-order valence-corrected chi connectivity index (χ2v) is 5.28. The normalized spacial score (nSPS) is 11.0. The Hall–Kier alpha value is -1.58.